The Morgan fingerprint density at radius 1 is 1.40 bits per heavy atom. The minimum atomic E-state index is -0.497. The third kappa shape index (κ3) is 3.76. The molecule has 0 bridgehead atoms. The van der Waals surface area contributed by atoms with E-state index in [9.17, 15) is 9.18 Å². The van der Waals surface area contributed by atoms with Crippen LogP contribution in [-0.4, -0.2) is 29.2 Å². The molecule has 130 valence electrons. The maximum Gasteiger partial charge on any atom is 0.278 e. The third-order valence-corrected chi connectivity index (χ3v) is 4.45. The van der Waals surface area contributed by atoms with Gasteiger partial charge in [0.05, 0.1) is 24.5 Å². The van der Waals surface area contributed by atoms with Crippen LogP contribution in [0.25, 0.3) is 10.2 Å². The Hall–Kier alpha value is -2.55. The van der Waals surface area contributed by atoms with Gasteiger partial charge in [0.1, 0.15) is 15.6 Å². The van der Waals surface area contributed by atoms with Crippen LogP contribution in [0, 0.1) is 12.7 Å². The number of pyridine rings is 1. The number of aromatic nitrogens is 1. The Kier molecular flexibility index (Phi) is 5.22. The SMILES string of the molecule is Cc1ccc(Nc2sc3ncccc3c2C(=O)NOCCO)c(F)c1. The molecule has 0 saturated heterocycles. The highest BCUT2D eigenvalue weighted by atomic mass is 32.1. The van der Waals surface area contributed by atoms with E-state index in [1.165, 1.54) is 17.4 Å². The monoisotopic (exact) mass is 361 g/mol. The standard InChI is InChI=1S/C17H16FN3O3S/c1-10-4-5-13(12(18)9-10)20-17-14(15(23)21-24-8-7-22)11-3-2-6-19-16(11)25-17/h2-6,9,20,22H,7-8H2,1H3,(H,21,23). The van der Waals surface area contributed by atoms with E-state index in [-0.39, 0.29) is 18.9 Å². The number of nitrogens with one attached hydrogen (secondary N) is 2. The van der Waals surface area contributed by atoms with Crippen molar-refractivity contribution in [2.24, 2.45) is 0 Å². The van der Waals surface area contributed by atoms with E-state index in [1.54, 1.807) is 37.4 Å². The lowest BCUT2D eigenvalue weighted by Crippen LogP contribution is -2.25. The molecule has 1 aromatic carbocycles. The summed E-state index contributed by atoms with van der Waals surface area (Å²) in [5.74, 6) is -0.906. The maximum absolute atomic E-state index is 14.1. The van der Waals surface area contributed by atoms with Gasteiger partial charge in [0.2, 0.25) is 0 Å². The molecule has 0 aliphatic heterocycles. The molecule has 0 saturated carbocycles. The Morgan fingerprint density at radius 3 is 3.00 bits per heavy atom. The molecule has 1 amide bonds. The Labute approximate surface area is 147 Å². The molecule has 2 aromatic heterocycles. The maximum atomic E-state index is 14.1. The van der Waals surface area contributed by atoms with Gasteiger partial charge >= 0.3 is 0 Å². The number of aryl methyl sites for hydroxylation is 1. The molecular formula is C17H16FN3O3S. The van der Waals surface area contributed by atoms with Crippen LogP contribution in [-0.2, 0) is 4.84 Å². The third-order valence-electron chi connectivity index (χ3n) is 3.42. The van der Waals surface area contributed by atoms with Gasteiger partial charge in [0.15, 0.2) is 0 Å². The lowest BCUT2D eigenvalue weighted by atomic mass is 10.2. The predicted molar refractivity (Wildman–Crippen MR) is 94.5 cm³/mol. The van der Waals surface area contributed by atoms with Crippen molar-refractivity contribution in [2.45, 2.75) is 6.92 Å². The quantitative estimate of drug-likeness (QED) is 0.464. The summed E-state index contributed by atoms with van der Waals surface area (Å²) in [5, 5.41) is 12.8. The molecule has 0 radical (unpaired) electrons. The normalized spacial score (nSPS) is 10.8. The van der Waals surface area contributed by atoms with Gasteiger partial charge in [-0.05, 0) is 36.8 Å². The zero-order valence-electron chi connectivity index (χ0n) is 13.4. The average Bonchev–Trinajstić information content (AvgIpc) is 2.95. The number of fused-ring (bicyclic) bond motifs is 1. The van der Waals surface area contributed by atoms with E-state index < -0.39 is 11.7 Å². The molecule has 0 unspecified atom stereocenters. The Balaban J connectivity index is 1.99. The van der Waals surface area contributed by atoms with Crippen molar-refractivity contribution in [1.29, 1.82) is 0 Å². The number of benzene rings is 1. The summed E-state index contributed by atoms with van der Waals surface area (Å²) in [7, 11) is 0. The Bertz CT molecular complexity index is 913. The lowest BCUT2D eigenvalue weighted by molar-refractivity contribution is 0.0170. The molecule has 0 fully saturated rings. The largest absolute Gasteiger partial charge is 0.394 e. The van der Waals surface area contributed by atoms with Crippen molar-refractivity contribution in [2.75, 3.05) is 18.5 Å². The van der Waals surface area contributed by atoms with E-state index in [1.807, 2.05) is 0 Å². The molecule has 3 aromatic rings. The number of hydroxylamine groups is 1. The number of hydrogen-bond donors (Lipinski definition) is 3. The number of anilines is 2. The Morgan fingerprint density at radius 2 is 2.24 bits per heavy atom. The van der Waals surface area contributed by atoms with Crippen molar-refractivity contribution in [3.05, 3.63) is 53.5 Å². The molecule has 2 heterocycles. The molecule has 0 atom stereocenters. The summed E-state index contributed by atoms with van der Waals surface area (Å²) in [5.41, 5.74) is 3.65. The van der Waals surface area contributed by atoms with E-state index in [2.05, 4.69) is 15.8 Å². The first-order valence-electron chi connectivity index (χ1n) is 7.54. The van der Waals surface area contributed by atoms with Crippen LogP contribution in [0.15, 0.2) is 36.5 Å². The summed E-state index contributed by atoms with van der Waals surface area (Å²) in [6.07, 6.45) is 1.62. The summed E-state index contributed by atoms with van der Waals surface area (Å²) in [4.78, 5) is 22.3. The lowest BCUT2D eigenvalue weighted by Gasteiger charge is -2.09. The van der Waals surface area contributed by atoms with Gasteiger partial charge in [0, 0.05) is 11.6 Å². The molecule has 0 aliphatic carbocycles. The van der Waals surface area contributed by atoms with Crippen LogP contribution in [0.2, 0.25) is 0 Å². The first kappa shape index (κ1) is 17.3. The van der Waals surface area contributed by atoms with Gasteiger partial charge in [-0.25, -0.2) is 14.9 Å². The predicted octanol–water partition coefficient (Wildman–Crippen LogP) is 3.14. The highest BCUT2D eigenvalue weighted by molar-refractivity contribution is 7.23. The van der Waals surface area contributed by atoms with E-state index in [0.29, 0.717) is 20.8 Å². The second-order valence-corrected chi connectivity index (χ2v) is 6.27. The summed E-state index contributed by atoms with van der Waals surface area (Å²) in [6, 6.07) is 8.29. The molecule has 6 nitrogen and oxygen atoms in total. The number of hydrogen-bond acceptors (Lipinski definition) is 6. The molecule has 0 spiro atoms. The van der Waals surface area contributed by atoms with Crippen LogP contribution >= 0.6 is 11.3 Å². The zero-order valence-corrected chi connectivity index (χ0v) is 14.2. The van der Waals surface area contributed by atoms with Gasteiger partial charge in [-0.2, -0.15) is 0 Å². The number of aliphatic hydroxyl groups is 1. The number of amides is 1. The van der Waals surface area contributed by atoms with Crippen LogP contribution in [0.4, 0.5) is 15.1 Å². The number of thiophene rings is 1. The molecule has 0 aliphatic rings. The van der Waals surface area contributed by atoms with Crippen molar-refractivity contribution in [1.82, 2.24) is 10.5 Å². The van der Waals surface area contributed by atoms with Gasteiger partial charge < -0.3 is 10.4 Å². The first-order valence-corrected chi connectivity index (χ1v) is 8.35. The number of aliphatic hydroxyl groups excluding tert-OH is 1. The summed E-state index contributed by atoms with van der Waals surface area (Å²) < 4.78 is 14.1. The molecular weight excluding hydrogens is 345 g/mol. The van der Waals surface area contributed by atoms with Gasteiger partial charge in [0.25, 0.3) is 5.91 Å². The summed E-state index contributed by atoms with van der Waals surface area (Å²) in [6.45, 7) is 1.56. The summed E-state index contributed by atoms with van der Waals surface area (Å²) >= 11 is 1.24. The van der Waals surface area contributed by atoms with Crippen molar-refractivity contribution < 1.29 is 19.1 Å². The number of carbonyl (C=O) groups is 1. The minimum Gasteiger partial charge on any atom is -0.394 e. The highest BCUT2D eigenvalue weighted by Crippen LogP contribution is 2.36. The average molecular weight is 361 g/mol. The van der Waals surface area contributed by atoms with E-state index in [0.717, 1.165) is 5.56 Å². The van der Waals surface area contributed by atoms with Crippen LogP contribution in [0.5, 0.6) is 0 Å². The minimum absolute atomic E-state index is 0.0264. The smallest absolute Gasteiger partial charge is 0.278 e. The van der Waals surface area contributed by atoms with Gasteiger partial charge in [-0.15, -0.1) is 0 Å². The number of carbonyl (C=O) groups excluding carboxylic acids is 1. The fraction of sp³-hybridized carbons (Fsp3) is 0.176. The van der Waals surface area contributed by atoms with Gasteiger partial charge in [-0.1, -0.05) is 17.4 Å². The fourth-order valence-electron chi connectivity index (χ4n) is 2.30. The van der Waals surface area contributed by atoms with Crippen molar-refractivity contribution >= 4 is 38.1 Å². The topological polar surface area (TPSA) is 83.5 Å². The van der Waals surface area contributed by atoms with E-state index >= 15 is 0 Å². The van der Waals surface area contributed by atoms with Crippen molar-refractivity contribution in [3.63, 3.8) is 0 Å². The number of rotatable bonds is 6. The van der Waals surface area contributed by atoms with Crippen LogP contribution in [0.1, 0.15) is 15.9 Å². The number of halogens is 1. The van der Waals surface area contributed by atoms with Crippen LogP contribution in [0.3, 0.4) is 0 Å². The first-order chi connectivity index (χ1) is 12.1. The molecule has 8 heteroatoms. The van der Waals surface area contributed by atoms with E-state index in [4.69, 9.17) is 9.94 Å². The molecule has 3 rings (SSSR count). The molecule has 25 heavy (non-hydrogen) atoms. The van der Waals surface area contributed by atoms with Crippen LogP contribution < -0.4 is 10.8 Å². The fourth-order valence-corrected chi connectivity index (χ4v) is 3.36. The molecule has 3 N–H and O–H groups in total. The number of nitrogens with zero attached hydrogens (tertiary/aromatic N) is 1. The second-order valence-electron chi connectivity index (χ2n) is 5.27. The second kappa shape index (κ2) is 7.56. The zero-order chi connectivity index (χ0) is 17.8. The van der Waals surface area contributed by atoms with Crippen molar-refractivity contribution in [3.8, 4) is 0 Å². The van der Waals surface area contributed by atoms with Gasteiger partial charge in [-0.3, -0.25) is 9.63 Å². The highest BCUT2D eigenvalue weighted by Gasteiger charge is 2.20.